The number of oxime groups is 1. The van der Waals surface area contributed by atoms with E-state index in [-0.39, 0.29) is 11.7 Å². The third-order valence-corrected chi connectivity index (χ3v) is 3.47. The van der Waals surface area contributed by atoms with E-state index >= 15 is 0 Å². The van der Waals surface area contributed by atoms with Gasteiger partial charge in [-0.2, -0.15) is 0 Å². The Hall–Kier alpha value is -2.27. The second-order valence-corrected chi connectivity index (χ2v) is 5.03. The summed E-state index contributed by atoms with van der Waals surface area (Å²) in [5.41, 5.74) is 7.71. The van der Waals surface area contributed by atoms with E-state index in [4.69, 9.17) is 22.5 Å². The first-order valence-corrected chi connectivity index (χ1v) is 6.62. The summed E-state index contributed by atoms with van der Waals surface area (Å²) >= 11 is 6.07. The number of anilines is 1. The van der Waals surface area contributed by atoms with Gasteiger partial charge in [0.1, 0.15) is 5.82 Å². The van der Waals surface area contributed by atoms with Crippen LogP contribution in [0.1, 0.15) is 11.1 Å². The maximum Gasteiger partial charge on any atom is 0.170 e. The second-order valence-electron chi connectivity index (χ2n) is 4.63. The highest BCUT2D eigenvalue weighted by Crippen LogP contribution is 2.22. The minimum absolute atomic E-state index is 0.0361. The number of rotatable bonds is 4. The van der Waals surface area contributed by atoms with Crippen LogP contribution in [0.4, 0.5) is 10.1 Å². The van der Waals surface area contributed by atoms with Gasteiger partial charge < -0.3 is 15.8 Å². The molecular formula is C15H15ClFN3O. The standard InChI is InChI=1S/C15H15ClFN3O/c1-20(9-11-7-12(17)5-6-14(11)16)13-4-2-3-10(8-13)15(18)19-21/h2-8,21H,9H2,1H3,(H2,18,19). The fourth-order valence-corrected chi connectivity index (χ4v) is 2.15. The van der Waals surface area contributed by atoms with Crippen molar-refractivity contribution in [1.82, 2.24) is 0 Å². The number of amidine groups is 1. The zero-order valence-corrected chi connectivity index (χ0v) is 12.2. The van der Waals surface area contributed by atoms with E-state index in [0.29, 0.717) is 22.7 Å². The van der Waals surface area contributed by atoms with Gasteiger partial charge in [0.25, 0.3) is 0 Å². The number of nitrogens with zero attached hydrogens (tertiary/aromatic N) is 2. The third kappa shape index (κ3) is 3.64. The summed E-state index contributed by atoms with van der Waals surface area (Å²) in [7, 11) is 1.85. The number of hydrogen-bond acceptors (Lipinski definition) is 3. The first kappa shape index (κ1) is 15.1. The van der Waals surface area contributed by atoms with Crippen LogP contribution in [0.3, 0.4) is 0 Å². The molecule has 2 aromatic rings. The summed E-state index contributed by atoms with van der Waals surface area (Å²) in [5.74, 6) is -0.290. The van der Waals surface area contributed by atoms with Crippen molar-refractivity contribution in [3.05, 3.63) is 64.4 Å². The Kier molecular flexibility index (Phi) is 4.65. The molecule has 0 radical (unpaired) electrons. The van der Waals surface area contributed by atoms with Crippen LogP contribution in [0, 0.1) is 5.82 Å². The van der Waals surface area contributed by atoms with E-state index in [0.717, 1.165) is 5.69 Å². The highest BCUT2D eigenvalue weighted by molar-refractivity contribution is 6.31. The van der Waals surface area contributed by atoms with Crippen LogP contribution >= 0.6 is 11.6 Å². The molecule has 0 aromatic heterocycles. The van der Waals surface area contributed by atoms with Crippen molar-refractivity contribution in [3.63, 3.8) is 0 Å². The normalized spacial score (nSPS) is 11.5. The van der Waals surface area contributed by atoms with Crippen molar-refractivity contribution in [2.75, 3.05) is 11.9 Å². The zero-order valence-electron chi connectivity index (χ0n) is 11.4. The van der Waals surface area contributed by atoms with Gasteiger partial charge in [-0.15, -0.1) is 0 Å². The molecule has 21 heavy (non-hydrogen) atoms. The fraction of sp³-hybridized carbons (Fsp3) is 0.133. The number of hydrogen-bond donors (Lipinski definition) is 2. The number of benzene rings is 2. The summed E-state index contributed by atoms with van der Waals surface area (Å²) < 4.78 is 13.3. The van der Waals surface area contributed by atoms with Crippen LogP contribution in [-0.4, -0.2) is 18.1 Å². The SMILES string of the molecule is CN(Cc1cc(F)ccc1Cl)c1cccc(/C(N)=N/O)c1. The van der Waals surface area contributed by atoms with Crippen molar-refractivity contribution in [1.29, 1.82) is 0 Å². The van der Waals surface area contributed by atoms with Crippen molar-refractivity contribution in [2.45, 2.75) is 6.54 Å². The molecule has 3 N–H and O–H groups in total. The molecule has 110 valence electrons. The van der Waals surface area contributed by atoms with E-state index < -0.39 is 0 Å². The van der Waals surface area contributed by atoms with E-state index in [2.05, 4.69) is 5.16 Å². The molecule has 0 fully saturated rings. The minimum atomic E-state index is -0.326. The number of nitrogens with two attached hydrogens (primary N) is 1. The predicted octanol–water partition coefficient (Wildman–Crippen LogP) is 3.21. The second kappa shape index (κ2) is 6.45. The Labute approximate surface area is 127 Å². The molecule has 0 aliphatic carbocycles. The van der Waals surface area contributed by atoms with Crippen LogP contribution in [0.2, 0.25) is 5.02 Å². The zero-order chi connectivity index (χ0) is 15.4. The van der Waals surface area contributed by atoms with Gasteiger partial charge in [0.05, 0.1) is 0 Å². The molecule has 0 saturated heterocycles. The van der Waals surface area contributed by atoms with Crippen LogP contribution in [0.15, 0.2) is 47.6 Å². The van der Waals surface area contributed by atoms with Gasteiger partial charge in [-0.25, -0.2) is 4.39 Å². The molecule has 0 spiro atoms. The predicted molar refractivity (Wildman–Crippen MR) is 82.5 cm³/mol. The lowest BCUT2D eigenvalue weighted by atomic mass is 10.1. The third-order valence-electron chi connectivity index (χ3n) is 3.11. The average Bonchev–Trinajstić information content (AvgIpc) is 2.50. The van der Waals surface area contributed by atoms with Gasteiger partial charge in [0.15, 0.2) is 5.84 Å². The molecule has 6 heteroatoms. The Balaban J connectivity index is 2.24. The maximum absolute atomic E-state index is 13.3. The molecule has 0 aliphatic heterocycles. The van der Waals surface area contributed by atoms with E-state index in [1.165, 1.54) is 18.2 Å². The molecular weight excluding hydrogens is 293 g/mol. The molecule has 0 heterocycles. The van der Waals surface area contributed by atoms with Crippen LogP contribution in [0.25, 0.3) is 0 Å². The Morgan fingerprint density at radius 2 is 2.10 bits per heavy atom. The molecule has 0 atom stereocenters. The fourth-order valence-electron chi connectivity index (χ4n) is 1.97. The molecule has 0 bridgehead atoms. The lowest BCUT2D eigenvalue weighted by Gasteiger charge is -2.20. The van der Waals surface area contributed by atoms with Gasteiger partial charge in [-0.3, -0.25) is 0 Å². The Morgan fingerprint density at radius 1 is 1.33 bits per heavy atom. The number of halogens is 2. The van der Waals surface area contributed by atoms with Gasteiger partial charge in [0.2, 0.25) is 0 Å². The summed E-state index contributed by atoms with van der Waals surface area (Å²) in [6.45, 7) is 0.441. The minimum Gasteiger partial charge on any atom is -0.409 e. The first-order chi connectivity index (χ1) is 10.0. The molecule has 0 unspecified atom stereocenters. The summed E-state index contributed by atoms with van der Waals surface area (Å²) in [6.07, 6.45) is 0. The molecule has 0 saturated carbocycles. The Bertz CT molecular complexity index is 676. The van der Waals surface area contributed by atoms with Gasteiger partial charge >= 0.3 is 0 Å². The quantitative estimate of drug-likeness (QED) is 0.394. The van der Waals surface area contributed by atoms with Gasteiger partial charge in [0, 0.05) is 29.9 Å². The lowest BCUT2D eigenvalue weighted by molar-refractivity contribution is 0.318. The summed E-state index contributed by atoms with van der Waals surface area (Å²) in [4.78, 5) is 1.90. The first-order valence-electron chi connectivity index (χ1n) is 6.24. The summed E-state index contributed by atoms with van der Waals surface area (Å²) in [6, 6.07) is 11.5. The van der Waals surface area contributed by atoms with Crippen LogP contribution in [-0.2, 0) is 6.54 Å². The monoisotopic (exact) mass is 307 g/mol. The van der Waals surface area contributed by atoms with Crippen LogP contribution < -0.4 is 10.6 Å². The van der Waals surface area contributed by atoms with Crippen molar-refractivity contribution >= 4 is 23.1 Å². The molecule has 0 aliphatic rings. The molecule has 2 aromatic carbocycles. The van der Waals surface area contributed by atoms with Gasteiger partial charge in [-0.1, -0.05) is 28.9 Å². The molecule has 2 rings (SSSR count). The van der Waals surface area contributed by atoms with Crippen molar-refractivity contribution < 1.29 is 9.60 Å². The van der Waals surface area contributed by atoms with Crippen LogP contribution in [0.5, 0.6) is 0 Å². The van der Waals surface area contributed by atoms with Gasteiger partial charge in [-0.05, 0) is 35.9 Å². The highest BCUT2D eigenvalue weighted by atomic mass is 35.5. The molecule has 0 amide bonds. The van der Waals surface area contributed by atoms with E-state index in [9.17, 15) is 4.39 Å². The lowest BCUT2D eigenvalue weighted by Crippen LogP contribution is -2.18. The van der Waals surface area contributed by atoms with Crippen molar-refractivity contribution in [2.24, 2.45) is 10.9 Å². The smallest absolute Gasteiger partial charge is 0.170 e. The topological polar surface area (TPSA) is 61.8 Å². The highest BCUT2D eigenvalue weighted by Gasteiger charge is 2.08. The van der Waals surface area contributed by atoms with E-state index in [1.54, 1.807) is 18.2 Å². The maximum atomic E-state index is 13.3. The largest absolute Gasteiger partial charge is 0.409 e. The van der Waals surface area contributed by atoms with Crippen molar-refractivity contribution in [3.8, 4) is 0 Å². The summed E-state index contributed by atoms with van der Waals surface area (Å²) in [5, 5.41) is 12.2. The molecule has 4 nitrogen and oxygen atoms in total. The Morgan fingerprint density at radius 3 is 2.81 bits per heavy atom. The average molecular weight is 308 g/mol. The van der Waals surface area contributed by atoms with E-state index in [1.807, 2.05) is 18.0 Å².